The van der Waals surface area contributed by atoms with Crippen LogP contribution in [0.1, 0.15) is 58.9 Å². The van der Waals surface area contributed by atoms with E-state index in [1.807, 2.05) is 0 Å². The highest BCUT2D eigenvalue weighted by atomic mass is 16.5. The third kappa shape index (κ3) is 3.51. The fourth-order valence-electron chi connectivity index (χ4n) is 2.57. The van der Waals surface area contributed by atoms with Gasteiger partial charge in [-0.3, -0.25) is 0 Å². The highest BCUT2D eigenvalue weighted by Gasteiger charge is 2.19. The number of hydrogen-bond donors (Lipinski definition) is 0. The summed E-state index contributed by atoms with van der Waals surface area (Å²) in [6, 6.07) is 8.64. The SMILES string of the molecule is CC(C)(C)c1ccc(O[C@H]2CC[C@H](C)CC2)cc1. The molecule has 0 N–H and O–H groups in total. The minimum Gasteiger partial charge on any atom is -0.490 e. The van der Waals surface area contributed by atoms with E-state index in [2.05, 4.69) is 52.0 Å². The molecular formula is C17H26O. The predicted molar refractivity (Wildman–Crippen MR) is 77.2 cm³/mol. The fraction of sp³-hybridized carbons (Fsp3) is 0.647. The number of hydrogen-bond acceptors (Lipinski definition) is 1. The van der Waals surface area contributed by atoms with Crippen LogP contribution >= 0.6 is 0 Å². The average Bonchev–Trinajstić information content (AvgIpc) is 2.32. The Morgan fingerprint density at radius 1 is 0.944 bits per heavy atom. The van der Waals surface area contributed by atoms with Gasteiger partial charge in [-0.1, -0.05) is 39.8 Å². The van der Waals surface area contributed by atoms with Crippen LogP contribution in [0, 0.1) is 5.92 Å². The molecule has 0 bridgehead atoms. The Balaban J connectivity index is 1.94. The normalized spacial score (nSPS) is 24.9. The van der Waals surface area contributed by atoms with Gasteiger partial charge in [0, 0.05) is 0 Å². The van der Waals surface area contributed by atoms with Crippen molar-refractivity contribution < 1.29 is 4.74 Å². The van der Waals surface area contributed by atoms with E-state index in [-0.39, 0.29) is 5.41 Å². The van der Waals surface area contributed by atoms with E-state index in [0.717, 1.165) is 11.7 Å². The lowest BCUT2D eigenvalue weighted by molar-refractivity contribution is 0.135. The van der Waals surface area contributed by atoms with E-state index in [0.29, 0.717) is 6.10 Å². The van der Waals surface area contributed by atoms with Gasteiger partial charge in [0.15, 0.2) is 0 Å². The molecular weight excluding hydrogens is 220 g/mol. The van der Waals surface area contributed by atoms with Gasteiger partial charge in [0.05, 0.1) is 6.10 Å². The standard InChI is InChI=1S/C17H26O/c1-13-5-9-15(10-6-13)18-16-11-7-14(8-12-16)17(2,3)4/h7-8,11-13,15H,5-6,9-10H2,1-4H3/t13-,15-. The summed E-state index contributed by atoms with van der Waals surface area (Å²) in [7, 11) is 0. The molecule has 100 valence electrons. The third-order valence-electron chi connectivity index (χ3n) is 3.99. The molecule has 0 radical (unpaired) electrons. The van der Waals surface area contributed by atoms with E-state index >= 15 is 0 Å². The van der Waals surface area contributed by atoms with Crippen LogP contribution in [0.15, 0.2) is 24.3 Å². The summed E-state index contributed by atoms with van der Waals surface area (Å²) in [4.78, 5) is 0. The zero-order valence-corrected chi connectivity index (χ0v) is 12.2. The summed E-state index contributed by atoms with van der Waals surface area (Å²) in [6.07, 6.45) is 5.47. The predicted octanol–water partition coefficient (Wildman–Crippen LogP) is 4.94. The number of ether oxygens (including phenoxy) is 1. The maximum atomic E-state index is 6.07. The van der Waals surface area contributed by atoms with Crippen LogP contribution in [0.3, 0.4) is 0 Å². The van der Waals surface area contributed by atoms with Crippen LogP contribution in [0.25, 0.3) is 0 Å². The minimum absolute atomic E-state index is 0.221. The first-order valence-electron chi connectivity index (χ1n) is 7.22. The van der Waals surface area contributed by atoms with Crippen LogP contribution in [0.4, 0.5) is 0 Å². The zero-order chi connectivity index (χ0) is 13.2. The van der Waals surface area contributed by atoms with Gasteiger partial charge in [0.1, 0.15) is 5.75 Å². The highest BCUT2D eigenvalue weighted by Crippen LogP contribution is 2.29. The van der Waals surface area contributed by atoms with Crippen molar-refractivity contribution in [3.05, 3.63) is 29.8 Å². The van der Waals surface area contributed by atoms with Crippen LogP contribution < -0.4 is 4.74 Å². The van der Waals surface area contributed by atoms with Crippen LogP contribution in [0.5, 0.6) is 5.75 Å². The van der Waals surface area contributed by atoms with Crippen molar-refractivity contribution in [2.45, 2.75) is 64.9 Å². The fourth-order valence-corrected chi connectivity index (χ4v) is 2.57. The zero-order valence-electron chi connectivity index (χ0n) is 12.2. The Labute approximate surface area is 112 Å². The number of rotatable bonds is 2. The van der Waals surface area contributed by atoms with Gasteiger partial charge in [0.2, 0.25) is 0 Å². The molecule has 1 aromatic rings. The van der Waals surface area contributed by atoms with Gasteiger partial charge < -0.3 is 4.74 Å². The van der Waals surface area contributed by atoms with Gasteiger partial charge >= 0.3 is 0 Å². The third-order valence-corrected chi connectivity index (χ3v) is 3.99. The molecule has 1 aromatic carbocycles. The highest BCUT2D eigenvalue weighted by molar-refractivity contribution is 5.31. The molecule has 18 heavy (non-hydrogen) atoms. The lowest BCUT2D eigenvalue weighted by Gasteiger charge is -2.27. The van der Waals surface area contributed by atoms with Crippen LogP contribution in [0.2, 0.25) is 0 Å². The van der Waals surface area contributed by atoms with Crippen molar-refractivity contribution in [2.24, 2.45) is 5.92 Å². The first kappa shape index (κ1) is 13.5. The van der Waals surface area contributed by atoms with Crippen molar-refractivity contribution in [1.82, 2.24) is 0 Å². The quantitative estimate of drug-likeness (QED) is 0.718. The molecule has 2 rings (SSSR count). The molecule has 1 fully saturated rings. The molecule has 0 spiro atoms. The van der Waals surface area contributed by atoms with Crippen LogP contribution in [-0.4, -0.2) is 6.10 Å². The van der Waals surface area contributed by atoms with Crippen molar-refractivity contribution >= 4 is 0 Å². The molecule has 1 aliphatic carbocycles. The molecule has 0 amide bonds. The molecule has 1 nitrogen and oxygen atoms in total. The van der Waals surface area contributed by atoms with Crippen molar-refractivity contribution in [3.63, 3.8) is 0 Å². The van der Waals surface area contributed by atoms with Gasteiger partial charge in [-0.25, -0.2) is 0 Å². The van der Waals surface area contributed by atoms with Crippen molar-refractivity contribution in [3.8, 4) is 5.75 Å². The van der Waals surface area contributed by atoms with E-state index in [1.54, 1.807) is 0 Å². The summed E-state index contributed by atoms with van der Waals surface area (Å²) in [5, 5.41) is 0. The molecule has 1 aliphatic rings. The second-order valence-corrected chi connectivity index (χ2v) is 6.77. The smallest absolute Gasteiger partial charge is 0.119 e. The van der Waals surface area contributed by atoms with Crippen LogP contribution in [-0.2, 0) is 5.41 Å². The summed E-state index contributed by atoms with van der Waals surface area (Å²) in [6.45, 7) is 9.07. The molecule has 0 aromatic heterocycles. The maximum absolute atomic E-state index is 6.07. The topological polar surface area (TPSA) is 9.23 Å². The lowest BCUT2D eigenvalue weighted by Crippen LogP contribution is -2.23. The Kier molecular flexibility index (Phi) is 3.99. The summed E-state index contributed by atoms with van der Waals surface area (Å²) >= 11 is 0. The van der Waals surface area contributed by atoms with Crippen molar-refractivity contribution in [1.29, 1.82) is 0 Å². The second-order valence-electron chi connectivity index (χ2n) is 6.77. The van der Waals surface area contributed by atoms with E-state index in [9.17, 15) is 0 Å². The second kappa shape index (κ2) is 5.34. The Morgan fingerprint density at radius 2 is 1.50 bits per heavy atom. The molecule has 0 aliphatic heterocycles. The van der Waals surface area contributed by atoms with E-state index in [4.69, 9.17) is 4.74 Å². The summed E-state index contributed by atoms with van der Waals surface area (Å²) in [5.74, 6) is 1.91. The average molecular weight is 246 g/mol. The van der Waals surface area contributed by atoms with Gasteiger partial charge in [0.25, 0.3) is 0 Å². The number of benzene rings is 1. The van der Waals surface area contributed by atoms with E-state index in [1.165, 1.54) is 31.2 Å². The molecule has 1 saturated carbocycles. The van der Waals surface area contributed by atoms with Gasteiger partial charge in [-0.15, -0.1) is 0 Å². The van der Waals surface area contributed by atoms with Gasteiger partial charge in [-0.2, -0.15) is 0 Å². The van der Waals surface area contributed by atoms with Gasteiger partial charge in [-0.05, 0) is 54.7 Å². The van der Waals surface area contributed by atoms with E-state index < -0.39 is 0 Å². The first-order chi connectivity index (χ1) is 8.45. The maximum Gasteiger partial charge on any atom is 0.119 e. The first-order valence-corrected chi connectivity index (χ1v) is 7.22. The lowest BCUT2D eigenvalue weighted by atomic mass is 9.87. The monoisotopic (exact) mass is 246 g/mol. The molecule has 0 saturated heterocycles. The Bertz CT molecular complexity index is 364. The Hall–Kier alpha value is -0.980. The van der Waals surface area contributed by atoms with Crippen molar-refractivity contribution in [2.75, 3.05) is 0 Å². The molecule has 1 heteroatoms. The minimum atomic E-state index is 0.221. The summed E-state index contributed by atoms with van der Waals surface area (Å²) in [5.41, 5.74) is 1.59. The summed E-state index contributed by atoms with van der Waals surface area (Å²) < 4.78 is 6.07. The Morgan fingerprint density at radius 3 is 2.00 bits per heavy atom. The molecule has 0 atom stereocenters. The largest absolute Gasteiger partial charge is 0.490 e. The molecule has 0 unspecified atom stereocenters. The molecule has 0 heterocycles.